The average molecular weight is 240 g/mol. The third-order valence-electron chi connectivity index (χ3n) is 3.43. The molecule has 2 unspecified atom stereocenters. The Morgan fingerprint density at radius 2 is 2.19 bits per heavy atom. The molecule has 16 heavy (non-hydrogen) atoms. The number of nitrogens with zero attached hydrogens (tertiary/aromatic N) is 2. The minimum absolute atomic E-state index is 0.715. The van der Waals surface area contributed by atoms with Gasteiger partial charge in [0.1, 0.15) is 0 Å². The zero-order chi connectivity index (χ0) is 11.8. The molecular formula is C13H24N2S. The normalized spacial score (nSPS) is 24.9. The highest BCUT2D eigenvalue weighted by Gasteiger charge is 2.26. The van der Waals surface area contributed by atoms with Crippen LogP contribution in [0.25, 0.3) is 0 Å². The number of hydrogen-bond donors (Lipinski definition) is 0. The van der Waals surface area contributed by atoms with Crippen molar-refractivity contribution < 1.29 is 0 Å². The molecule has 1 aliphatic rings. The SMILES string of the molecule is CCSC1CCC(N(C)CCCCC#N)C1. The molecule has 0 N–H and O–H groups in total. The molecule has 0 aromatic rings. The van der Waals surface area contributed by atoms with Crippen LogP contribution < -0.4 is 0 Å². The lowest BCUT2D eigenvalue weighted by Gasteiger charge is -2.24. The first-order valence-electron chi connectivity index (χ1n) is 6.46. The van der Waals surface area contributed by atoms with E-state index in [1.54, 1.807) is 0 Å². The van der Waals surface area contributed by atoms with Crippen molar-refractivity contribution in [2.24, 2.45) is 0 Å². The Balaban J connectivity index is 2.13. The minimum Gasteiger partial charge on any atom is -0.303 e. The van der Waals surface area contributed by atoms with Crippen LogP contribution in [0.4, 0.5) is 0 Å². The lowest BCUT2D eigenvalue weighted by molar-refractivity contribution is 0.241. The van der Waals surface area contributed by atoms with Gasteiger partial charge in [-0.05, 0) is 51.4 Å². The summed E-state index contributed by atoms with van der Waals surface area (Å²) in [4.78, 5) is 2.51. The Morgan fingerprint density at radius 3 is 2.88 bits per heavy atom. The van der Waals surface area contributed by atoms with Gasteiger partial charge in [-0.2, -0.15) is 17.0 Å². The molecule has 0 aliphatic heterocycles. The van der Waals surface area contributed by atoms with Gasteiger partial charge in [-0.3, -0.25) is 0 Å². The lowest BCUT2D eigenvalue weighted by atomic mass is 10.2. The summed E-state index contributed by atoms with van der Waals surface area (Å²) in [6.07, 6.45) is 7.07. The highest BCUT2D eigenvalue weighted by Crippen LogP contribution is 2.32. The van der Waals surface area contributed by atoms with E-state index in [4.69, 9.17) is 5.26 Å². The van der Waals surface area contributed by atoms with Gasteiger partial charge >= 0.3 is 0 Å². The smallest absolute Gasteiger partial charge is 0.0621 e. The van der Waals surface area contributed by atoms with E-state index in [1.807, 2.05) is 0 Å². The molecule has 1 fully saturated rings. The molecule has 0 aromatic carbocycles. The van der Waals surface area contributed by atoms with Gasteiger partial charge in [-0.1, -0.05) is 6.92 Å². The first kappa shape index (κ1) is 13.9. The maximum atomic E-state index is 8.47. The topological polar surface area (TPSA) is 27.0 Å². The Morgan fingerprint density at radius 1 is 1.38 bits per heavy atom. The Kier molecular flexibility index (Phi) is 6.91. The largest absolute Gasteiger partial charge is 0.303 e. The molecule has 0 aromatic heterocycles. The van der Waals surface area contributed by atoms with Gasteiger partial charge in [0, 0.05) is 17.7 Å². The number of nitriles is 1. The molecule has 1 saturated carbocycles. The maximum absolute atomic E-state index is 8.47. The molecule has 92 valence electrons. The summed E-state index contributed by atoms with van der Waals surface area (Å²) < 4.78 is 0. The van der Waals surface area contributed by atoms with Gasteiger partial charge in [-0.25, -0.2) is 0 Å². The van der Waals surface area contributed by atoms with Crippen LogP contribution in [0.15, 0.2) is 0 Å². The Hall–Kier alpha value is -0.200. The summed E-state index contributed by atoms with van der Waals surface area (Å²) in [5.74, 6) is 1.25. The van der Waals surface area contributed by atoms with Crippen molar-refractivity contribution in [3.8, 4) is 6.07 Å². The fraction of sp³-hybridized carbons (Fsp3) is 0.923. The van der Waals surface area contributed by atoms with Crippen LogP contribution in [-0.4, -0.2) is 35.5 Å². The monoisotopic (exact) mass is 240 g/mol. The van der Waals surface area contributed by atoms with Crippen molar-refractivity contribution in [3.63, 3.8) is 0 Å². The Labute approximate surface area is 104 Å². The van der Waals surface area contributed by atoms with Crippen molar-refractivity contribution in [1.82, 2.24) is 4.90 Å². The predicted molar refractivity (Wildman–Crippen MR) is 71.7 cm³/mol. The number of rotatable bonds is 7. The first-order valence-corrected chi connectivity index (χ1v) is 7.51. The Bertz CT molecular complexity index is 224. The van der Waals surface area contributed by atoms with Crippen molar-refractivity contribution >= 4 is 11.8 Å². The molecule has 1 rings (SSSR count). The third kappa shape index (κ3) is 4.76. The zero-order valence-corrected chi connectivity index (χ0v) is 11.4. The molecule has 0 radical (unpaired) electrons. The van der Waals surface area contributed by atoms with Crippen LogP contribution in [0, 0.1) is 11.3 Å². The molecule has 2 atom stereocenters. The van der Waals surface area contributed by atoms with Gasteiger partial charge in [0.25, 0.3) is 0 Å². The second-order valence-corrected chi connectivity index (χ2v) is 6.22. The van der Waals surface area contributed by atoms with E-state index in [2.05, 4.69) is 36.7 Å². The molecule has 2 nitrogen and oxygen atoms in total. The van der Waals surface area contributed by atoms with Crippen LogP contribution in [0.3, 0.4) is 0 Å². The molecule has 0 amide bonds. The van der Waals surface area contributed by atoms with Gasteiger partial charge in [0.05, 0.1) is 6.07 Å². The van der Waals surface area contributed by atoms with Gasteiger partial charge in [0.15, 0.2) is 0 Å². The van der Waals surface area contributed by atoms with Crippen molar-refractivity contribution in [2.75, 3.05) is 19.3 Å². The van der Waals surface area contributed by atoms with Crippen molar-refractivity contribution in [1.29, 1.82) is 5.26 Å². The summed E-state index contributed by atoms with van der Waals surface area (Å²) >= 11 is 2.12. The maximum Gasteiger partial charge on any atom is 0.0621 e. The second-order valence-electron chi connectivity index (χ2n) is 4.64. The quantitative estimate of drug-likeness (QED) is 0.639. The van der Waals surface area contributed by atoms with Gasteiger partial charge < -0.3 is 4.90 Å². The van der Waals surface area contributed by atoms with Crippen molar-refractivity contribution in [2.45, 2.75) is 56.7 Å². The summed E-state index contributed by atoms with van der Waals surface area (Å²) in [6, 6.07) is 3.01. The standard InChI is InChI=1S/C13H24N2S/c1-3-16-13-8-7-12(11-13)15(2)10-6-4-5-9-14/h12-13H,3-8,10-11H2,1-2H3. The fourth-order valence-corrected chi connectivity index (χ4v) is 3.59. The highest BCUT2D eigenvalue weighted by atomic mass is 32.2. The summed E-state index contributed by atoms with van der Waals surface area (Å²) in [6.45, 7) is 3.42. The van der Waals surface area contributed by atoms with E-state index in [-0.39, 0.29) is 0 Å². The molecular weight excluding hydrogens is 216 g/mol. The van der Waals surface area contributed by atoms with E-state index in [0.717, 1.165) is 24.3 Å². The van der Waals surface area contributed by atoms with Gasteiger partial charge in [0.2, 0.25) is 0 Å². The predicted octanol–water partition coefficient (Wildman–Crippen LogP) is 3.29. The molecule has 0 bridgehead atoms. The number of hydrogen-bond acceptors (Lipinski definition) is 3. The van der Waals surface area contributed by atoms with Crippen LogP contribution in [0.1, 0.15) is 45.4 Å². The van der Waals surface area contributed by atoms with Crippen LogP contribution in [0.5, 0.6) is 0 Å². The summed E-state index contributed by atoms with van der Waals surface area (Å²) in [7, 11) is 2.25. The number of thioether (sulfide) groups is 1. The fourth-order valence-electron chi connectivity index (χ4n) is 2.45. The first-order chi connectivity index (χ1) is 7.77. The molecule has 1 aliphatic carbocycles. The van der Waals surface area contributed by atoms with Crippen molar-refractivity contribution in [3.05, 3.63) is 0 Å². The van der Waals surface area contributed by atoms with E-state index in [0.29, 0.717) is 6.42 Å². The lowest BCUT2D eigenvalue weighted by Crippen LogP contribution is -2.30. The van der Waals surface area contributed by atoms with E-state index < -0.39 is 0 Å². The molecule has 0 heterocycles. The minimum atomic E-state index is 0.715. The number of unbranched alkanes of at least 4 members (excludes halogenated alkanes) is 2. The van der Waals surface area contributed by atoms with E-state index >= 15 is 0 Å². The van der Waals surface area contributed by atoms with Gasteiger partial charge in [-0.15, -0.1) is 0 Å². The molecule has 0 spiro atoms. The summed E-state index contributed by atoms with van der Waals surface area (Å²) in [5, 5.41) is 9.37. The van der Waals surface area contributed by atoms with Crippen LogP contribution in [-0.2, 0) is 0 Å². The highest BCUT2D eigenvalue weighted by molar-refractivity contribution is 7.99. The van der Waals surface area contributed by atoms with Crippen LogP contribution >= 0.6 is 11.8 Å². The molecule has 3 heteroatoms. The third-order valence-corrected chi connectivity index (χ3v) is 4.66. The second kappa shape index (κ2) is 7.97. The van der Waals surface area contributed by atoms with E-state index in [1.165, 1.54) is 31.4 Å². The summed E-state index contributed by atoms with van der Waals surface area (Å²) in [5.41, 5.74) is 0. The van der Waals surface area contributed by atoms with E-state index in [9.17, 15) is 0 Å². The average Bonchev–Trinajstić information content (AvgIpc) is 2.73. The van der Waals surface area contributed by atoms with Crippen LogP contribution in [0.2, 0.25) is 0 Å². The zero-order valence-electron chi connectivity index (χ0n) is 10.6. The molecule has 0 saturated heterocycles.